The molecule has 0 aliphatic rings. The van der Waals surface area contributed by atoms with Crippen LogP contribution in [0, 0.1) is 6.92 Å². The van der Waals surface area contributed by atoms with Gasteiger partial charge in [-0.05, 0) is 30.7 Å². The Kier molecular flexibility index (Phi) is 3.61. The molecule has 0 radical (unpaired) electrons. The number of aromatic nitrogens is 2. The van der Waals surface area contributed by atoms with Crippen molar-refractivity contribution in [3.8, 4) is 17.0 Å². The Bertz CT molecular complexity index is 650. The smallest absolute Gasteiger partial charge is 0.356 e. The number of benzene rings is 1. The molecule has 0 amide bonds. The number of nitrogens with zero attached hydrogens (tertiary/aromatic N) is 2. The van der Waals surface area contributed by atoms with Crippen molar-refractivity contribution in [3.63, 3.8) is 0 Å². The van der Waals surface area contributed by atoms with Crippen LogP contribution in [0.5, 0.6) is 5.75 Å². The second-order valence-electron chi connectivity index (χ2n) is 4.13. The fourth-order valence-electron chi connectivity index (χ4n) is 1.86. The minimum atomic E-state index is -1.04. The number of ether oxygens (including phenoxy) is 1. The molecule has 0 atom stereocenters. The van der Waals surface area contributed by atoms with E-state index in [4.69, 9.17) is 9.84 Å². The first-order valence-electron chi connectivity index (χ1n) is 5.56. The SMILES string of the molecule is COc1cc(Br)c(C)c(-c2cc(C(=O)O)nn2C)c1. The normalized spacial score (nSPS) is 10.5. The Labute approximate surface area is 118 Å². The first kappa shape index (κ1) is 13.6. The van der Waals surface area contributed by atoms with Gasteiger partial charge in [0.15, 0.2) is 5.69 Å². The molecule has 2 aromatic rings. The van der Waals surface area contributed by atoms with Gasteiger partial charge >= 0.3 is 5.97 Å². The average molecular weight is 325 g/mol. The van der Waals surface area contributed by atoms with Gasteiger partial charge in [0.2, 0.25) is 0 Å². The number of halogens is 1. The quantitative estimate of drug-likeness (QED) is 0.942. The number of aryl methyl sites for hydroxylation is 1. The van der Waals surface area contributed by atoms with Crippen molar-refractivity contribution in [2.75, 3.05) is 7.11 Å². The fraction of sp³-hybridized carbons (Fsp3) is 0.231. The topological polar surface area (TPSA) is 64.3 Å². The fourth-order valence-corrected chi connectivity index (χ4v) is 2.30. The highest BCUT2D eigenvalue weighted by Crippen LogP contribution is 2.33. The molecule has 1 aromatic heterocycles. The predicted octanol–water partition coefficient (Wildman–Crippen LogP) is 2.86. The molecule has 100 valence electrons. The molecule has 1 N–H and O–H groups in total. The van der Waals surface area contributed by atoms with Gasteiger partial charge in [0.05, 0.1) is 12.8 Å². The molecule has 19 heavy (non-hydrogen) atoms. The Morgan fingerprint density at radius 1 is 1.42 bits per heavy atom. The summed E-state index contributed by atoms with van der Waals surface area (Å²) in [6, 6.07) is 5.28. The van der Waals surface area contributed by atoms with Gasteiger partial charge in [-0.2, -0.15) is 5.10 Å². The van der Waals surface area contributed by atoms with E-state index in [1.807, 2.05) is 19.1 Å². The summed E-state index contributed by atoms with van der Waals surface area (Å²) in [5.74, 6) is -0.341. The maximum Gasteiger partial charge on any atom is 0.356 e. The molecule has 1 heterocycles. The van der Waals surface area contributed by atoms with Gasteiger partial charge in [-0.15, -0.1) is 0 Å². The van der Waals surface area contributed by atoms with Crippen molar-refractivity contribution in [1.82, 2.24) is 9.78 Å². The van der Waals surface area contributed by atoms with E-state index in [1.54, 1.807) is 24.9 Å². The van der Waals surface area contributed by atoms with E-state index < -0.39 is 5.97 Å². The van der Waals surface area contributed by atoms with E-state index >= 15 is 0 Å². The van der Waals surface area contributed by atoms with Crippen LogP contribution in [0.25, 0.3) is 11.3 Å². The summed E-state index contributed by atoms with van der Waals surface area (Å²) in [5.41, 5.74) is 2.64. The van der Waals surface area contributed by atoms with Gasteiger partial charge in [-0.3, -0.25) is 4.68 Å². The third-order valence-corrected chi connectivity index (χ3v) is 3.75. The van der Waals surface area contributed by atoms with Gasteiger partial charge in [0, 0.05) is 17.1 Å². The van der Waals surface area contributed by atoms with Gasteiger partial charge < -0.3 is 9.84 Å². The number of hydrogen-bond acceptors (Lipinski definition) is 3. The zero-order valence-corrected chi connectivity index (χ0v) is 12.4. The molecule has 1 aromatic carbocycles. The van der Waals surface area contributed by atoms with Crippen LogP contribution < -0.4 is 4.74 Å². The second kappa shape index (κ2) is 5.05. The van der Waals surface area contributed by atoms with Crippen molar-refractivity contribution in [3.05, 3.63) is 33.9 Å². The molecule has 0 bridgehead atoms. The molecule has 0 aliphatic carbocycles. The summed E-state index contributed by atoms with van der Waals surface area (Å²) in [7, 11) is 3.31. The Hall–Kier alpha value is -1.82. The monoisotopic (exact) mass is 324 g/mol. The molecule has 5 nitrogen and oxygen atoms in total. The molecule has 0 spiro atoms. The van der Waals surface area contributed by atoms with Gasteiger partial charge in [-0.25, -0.2) is 4.79 Å². The van der Waals surface area contributed by atoms with E-state index in [9.17, 15) is 4.79 Å². The number of methoxy groups -OCH3 is 1. The lowest BCUT2D eigenvalue weighted by Gasteiger charge is -2.10. The van der Waals surface area contributed by atoms with Crippen LogP contribution in [0.15, 0.2) is 22.7 Å². The van der Waals surface area contributed by atoms with Crippen molar-refractivity contribution in [2.45, 2.75) is 6.92 Å². The van der Waals surface area contributed by atoms with Gasteiger partial charge in [0.1, 0.15) is 5.75 Å². The van der Waals surface area contributed by atoms with E-state index in [0.29, 0.717) is 5.75 Å². The highest BCUT2D eigenvalue weighted by molar-refractivity contribution is 9.10. The lowest BCUT2D eigenvalue weighted by molar-refractivity contribution is 0.0689. The maximum absolute atomic E-state index is 11.0. The van der Waals surface area contributed by atoms with Crippen LogP contribution in [-0.4, -0.2) is 28.0 Å². The first-order chi connectivity index (χ1) is 8.93. The molecule has 2 rings (SSSR count). The molecular weight excluding hydrogens is 312 g/mol. The molecule has 0 saturated carbocycles. The Morgan fingerprint density at radius 2 is 2.11 bits per heavy atom. The van der Waals surface area contributed by atoms with E-state index in [1.165, 1.54) is 0 Å². The van der Waals surface area contributed by atoms with E-state index in [-0.39, 0.29) is 5.69 Å². The van der Waals surface area contributed by atoms with Crippen molar-refractivity contribution in [1.29, 1.82) is 0 Å². The lowest BCUT2D eigenvalue weighted by atomic mass is 10.0. The summed E-state index contributed by atoms with van der Waals surface area (Å²) in [6.45, 7) is 1.95. The minimum Gasteiger partial charge on any atom is -0.497 e. The Morgan fingerprint density at radius 3 is 2.63 bits per heavy atom. The summed E-state index contributed by atoms with van der Waals surface area (Å²) < 4.78 is 7.69. The van der Waals surface area contributed by atoms with Crippen LogP contribution >= 0.6 is 15.9 Å². The number of rotatable bonds is 3. The van der Waals surface area contributed by atoms with Crippen molar-refractivity contribution in [2.24, 2.45) is 7.05 Å². The van der Waals surface area contributed by atoms with Crippen LogP contribution in [0.1, 0.15) is 16.1 Å². The third kappa shape index (κ3) is 2.49. The average Bonchev–Trinajstić information content (AvgIpc) is 2.75. The third-order valence-electron chi connectivity index (χ3n) is 2.93. The zero-order valence-electron chi connectivity index (χ0n) is 10.8. The summed E-state index contributed by atoms with van der Waals surface area (Å²) in [5, 5.41) is 13.0. The highest BCUT2D eigenvalue weighted by Gasteiger charge is 2.16. The molecule has 0 aliphatic heterocycles. The summed E-state index contributed by atoms with van der Waals surface area (Å²) >= 11 is 3.47. The summed E-state index contributed by atoms with van der Waals surface area (Å²) in [4.78, 5) is 11.0. The van der Waals surface area contributed by atoms with Crippen molar-refractivity contribution < 1.29 is 14.6 Å². The predicted molar refractivity (Wildman–Crippen MR) is 74.6 cm³/mol. The summed E-state index contributed by atoms with van der Waals surface area (Å²) in [6.07, 6.45) is 0. The molecule has 0 unspecified atom stereocenters. The molecule has 0 saturated heterocycles. The zero-order chi connectivity index (χ0) is 14.2. The van der Waals surface area contributed by atoms with E-state index in [2.05, 4.69) is 21.0 Å². The molecule has 0 fully saturated rings. The minimum absolute atomic E-state index is 0.0239. The second-order valence-corrected chi connectivity index (χ2v) is 4.98. The van der Waals surface area contributed by atoms with Crippen LogP contribution in [0.4, 0.5) is 0 Å². The van der Waals surface area contributed by atoms with Gasteiger partial charge in [-0.1, -0.05) is 15.9 Å². The number of aromatic carboxylic acids is 1. The first-order valence-corrected chi connectivity index (χ1v) is 6.35. The molecule has 6 heteroatoms. The number of carbonyl (C=O) groups is 1. The molecular formula is C13H13BrN2O3. The lowest BCUT2D eigenvalue weighted by Crippen LogP contribution is -1.99. The van der Waals surface area contributed by atoms with Gasteiger partial charge in [0.25, 0.3) is 0 Å². The largest absolute Gasteiger partial charge is 0.497 e. The van der Waals surface area contributed by atoms with Crippen LogP contribution in [0.3, 0.4) is 0 Å². The standard InChI is InChI=1S/C13H13BrN2O3/c1-7-9(4-8(19-3)5-10(7)14)12-6-11(13(17)18)15-16(12)2/h4-6H,1-3H3,(H,17,18). The number of carboxylic acids is 1. The van der Waals surface area contributed by atoms with Crippen LogP contribution in [0.2, 0.25) is 0 Å². The van der Waals surface area contributed by atoms with Crippen LogP contribution in [-0.2, 0) is 7.05 Å². The Balaban J connectivity index is 2.64. The maximum atomic E-state index is 11.0. The number of carboxylic acid groups (broad SMARTS) is 1. The number of hydrogen-bond donors (Lipinski definition) is 1. The van der Waals surface area contributed by atoms with Crippen molar-refractivity contribution >= 4 is 21.9 Å². The van der Waals surface area contributed by atoms with E-state index in [0.717, 1.165) is 21.3 Å². The highest BCUT2D eigenvalue weighted by atomic mass is 79.9.